The molecule has 4 amide bonds. The Bertz CT molecular complexity index is 2780. The minimum Gasteiger partial charge on any atom is -0.343 e. The van der Waals surface area contributed by atoms with Gasteiger partial charge in [-0.25, -0.2) is 8.78 Å². The van der Waals surface area contributed by atoms with Gasteiger partial charge in [0.05, 0.1) is 18.8 Å². The van der Waals surface area contributed by atoms with E-state index in [1.807, 2.05) is 50.9 Å². The van der Waals surface area contributed by atoms with Crippen molar-refractivity contribution in [2.24, 2.45) is 13.0 Å². The monoisotopic (exact) mass is 912 g/mol. The number of rotatable bonds is 9. The lowest BCUT2D eigenvalue weighted by molar-refractivity contribution is -0.136. The molecule has 10 rings (SSSR count). The number of likely N-dealkylation sites (tertiary alicyclic amines) is 2. The molecule has 5 aromatic rings. The average Bonchev–Trinajstić information content (AvgIpc) is 4.08. The molecule has 1 atom stereocenters. The van der Waals surface area contributed by atoms with Crippen molar-refractivity contribution in [3.63, 3.8) is 0 Å². The Balaban J connectivity index is 0.745. The molecule has 2 aromatic carbocycles. The average molecular weight is 913 g/mol. The number of amides is 4. The molecule has 0 bridgehead atoms. The molecule has 3 saturated heterocycles. The van der Waals surface area contributed by atoms with Crippen LogP contribution < -0.4 is 10.2 Å². The normalized spacial score (nSPS) is 19.7. The largest absolute Gasteiger partial charge is 0.343 e. The van der Waals surface area contributed by atoms with Crippen LogP contribution in [0.1, 0.15) is 111 Å². The Kier molecular flexibility index (Phi) is 12.4. The third kappa shape index (κ3) is 8.98. The van der Waals surface area contributed by atoms with E-state index in [-0.39, 0.29) is 41.2 Å². The van der Waals surface area contributed by atoms with E-state index >= 15 is 0 Å². The van der Waals surface area contributed by atoms with E-state index in [1.165, 1.54) is 0 Å². The van der Waals surface area contributed by atoms with Crippen LogP contribution in [-0.2, 0) is 45.6 Å². The van der Waals surface area contributed by atoms with Gasteiger partial charge in [-0.3, -0.25) is 33.9 Å². The zero-order valence-electron chi connectivity index (χ0n) is 38.4. The first-order chi connectivity index (χ1) is 32.5. The summed E-state index contributed by atoms with van der Waals surface area (Å²) in [6.07, 6.45) is 10.5. The zero-order valence-corrected chi connectivity index (χ0v) is 38.4. The molecule has 8 heterocycles. The van der Waals surface area contributed by atoms with Gasteiger partial charge in [0.2, 0.25) is 23.6 Å². The van der Waals surface area contributed by atoms with Crippen molar-refractivity contribution >= 4 is 46.0 Å². The number of benzene rings is 2. The quantitative estimate of drug-likeness (QED) is 0.126. The van der Waals surface area contributed by atoms with Crippen molar-refractivity contribution in [3.05, 3.63) is 82.9 Å². The van der Waals surface area contributed by atoms with Crippen LogP contribution in [0.4, 0.5) is 20.3 Å². The first-order valence-corrected chi connectivity index (χ1v) is 24.0. The number of aromatic nitrogens is 5. The topological polar surface area (TPSA) is 134 Å². The minimum absolute atomic E-state index is 0.00135. The van der Waals surface area contributed by atoms with Gasteiger partial charge in [0, 0.05) is 122 Å². The molecule has 14 nitrogen and oxygen atoms in total. The summed E-state index contributed by atoms with van der Waals surface area (Å²) in [5.74, 6) is 7.68. The van der Waals surface area contributed by atoms with E-state index < -0.39 is 12.5 Å². The van der Waals surface area contributed by atoms with Crippen LogP contribution in [0, 0.1) is 17.8 Å². The molecule has 0 saturated carbocycles. The first-order valence-electron chi connectivity index (χ1n) is 24.0. The lowest BCUT2D eigenvalue weighted by Gasteiger charge is -2.34. The second-order valence-corrected chi connectivity index (χ2v) is 18.9. The number of hydrogen-bond acceptors (Lipinski definition) is 8. The van der Waals surface area contributed by atoms with Gasteiger partial charge in [-0.05, 0) is 112 Å². The summed E-state index contributed by atoms with van der Waals surface area (Å²) in [4.78, 5) is 58.8. The van der Waals surface area contributed by atoms with Crippen molar-refractivity contribution in [1.29, 1.82) is 0 Å². The van der Waals surface area contributed by atoms with Crippen LogP contribution in [0.15, 0.2) is 55.0 Å². The number of aryl methyl sites for hydroxylation is 2. The number of carbonyl (C=O) groups excluding carboxylic acids is 4. The summed E-state index contributed by atoms with van der Waals surface area (Å²) in [5, 5.41) is 13.0. The van der Waals surface area contributed by atoms with Crippen LogP contribution in [0.5, 0.6) is 0 Å². The highest BCUT2D eigenvalue weighted by Crippen LogP contribution is 2.44. The van der Waals surface area contributed by atoms with Crippen molar-refractivity contribution < 1.29 is 28.0 Å². The van der Waals surface area contributed by atoms with E-state index in [0.29, 0.717) is 69.5 Å². The molecule has 16 heteroatoms. The maximum Gasteiger partial charge on any atom is 0.264 e. The van der Waals surface area contributed by atoms with Gasteiger partial charge >= 0.3 is 0 Å². The molecule has 5 aliphatic heterocycles. The molecular formula is C51H58F2N10O4. The Hall–Kier alpha value is -6.34. The van der Waals surface area contributed by atoms with Crippen molar-refractivity contribution in [3.8, 4) is 23.0 Å². The number of piperidine rings is 3. The van der Waals surface area contributed by atoms with Crippen LogP contribution in [0.3, 0.4) is 0 Å². The third-order valence-electron chi connectivity index (χ3n) is 14.7. The van der Waals surface area contributed by atoms with Gasteiger partial charge in [-0.2, -0.15) is 10.2 Å². The number of alkyl halides is 2. The number of fused-ring (bicyclic) bond motifs is 3. The molecular weight excluding hydrogens is 855 g/mol. The zero-order chi connectivity index (χ0) is 46.3. The Morgan fingerprint density at radius 3 is 2.51 bits per heavy atom. The maximum absolute atomic E-state index is 14.7. The fraction of sp³-hybridized carbons (Fsp3) is 0.490. The molecule has 0 spiro atoms. The molecule has 67 heavy (non-hydrogen) atoms. The predicted molar refractivity (Wildman–Crippen MR) is 249 cm³/mol. The van der Waals surface area contributed by atoms with Gasteiger partial charge in [-0.15, -0.1) is 0 Å². The SMILES string of the molecule is CC(=O)N1CCc2c(c(N3CCCc4cc(-c5cnn(C)c5)c(C(F)F)cc43)nn2C2CCN(C(=O)CCCN3CCC(C#Cc4cccc5c4ccn5C4CCC(=O)NC4=O)CC3)CC2)C1. The van der Waals surface area contributed by atoms with Crippen molar-refractivity contribution in [2.75, 3.05) is 50.7 Å². The second-order valence-electron chi connectivity index (χ2n) is 18.9. The summed E-state index contributed by atoms with van der Waals surface area (Å²) in [6.45, 7) is 7.29. The third-order valence-corrected chi connectivity index (χ3v) is 14.7. The molecule has 1 unspecified atom stereocenters. The van der Waals surface area contributed by atoms with Gasteiger partial charge in [0.25, 0.3) is 6.43 Å². The summed E-state index contributed by atoms with van der Waals surface area (Å²) in [7, 11) is 1.78. The molecule has 0 radical (unpaired) electrons. The lowest BCUT2D eigenvalue weighted by Crippen LogP contribution is -2.41. The Morgan fingerprint density at radius 1 is 0.940 bits per heavy atom. The smallest absolute Gasteiger partial charge is 0.264 e. The number of hydrogen-bond donors (Lipinski definition) is 1. The molecule has 350 valence electrons. The molecule has 1 N–H and O–H groups in total. The Morgan fingerprint density at radius 2 is 1.76 bits per heavy atom. The number of anilines is 2. The lowest BCUT2D eigenvalue weighted by atomic mass is 9.92. The minimum atomic E-state index is -2.67. The highest BCUT2D eigenvalue weighted by molar-refractivity contribution is 6.00. The molecule has 3 fully saturated rings. The van der Waals surface area contributed by atoms with Crippen LogP contribution >= 0.6 is 0 Å². The number of nitrogens with one attached hydrogen (secondary N) is 1. The number of halogens is 2. The van der Waals surface area contributed by atoms with Crippen LogP contribution in [0.25, 0.3) is 22.0 Å². The van der Waals surface area contributed by atoms with Gasteiger partial charge in [-0.1, -0.05) is 17.9 Å². The fourth-order valence-corrected chi connectivity index (χ4v) is 11.0. The standard InChI is InChI=1S/C51H58F2N10O4/c1-33(64)60-26-19-44-42(32-60)50(62-21-4-7-36-28-40(37-30-54-57(2)31-37)41(49(52)53)29-46(36)62)56-63(44)38-16-24-59(25-17-38)48(66)9-5-20-58-22-14-34(15-23-58)10-11-35-6-3-8-43-39(35)18-27-61(43)45-12-13-47(65)55-51(45)67/h3,6,8,18,27-31,34,38,45,49H,4-5,7,9,12-17,19-26,32H2,1-2H3,(H,55,65,67). The van der Waals surface area contributed by atoms with Crippen molar-refractivity contribution in [1.82, 2.24) is 44.1 Å². The highest BCUT2D eigenvalue weighted by Gasteiger charge is 2.36. The maximum atomic E-state index is 14.7. The van der Waals surface area contributed by atoms with Gasteiger partial charge in [0.1, 0.15) is 6.04 Å². The highest BCUT2D eigenvalue weighted by atomic mass is 19.3. The van der Waals surface area contributed by atoms with E-state index in [1.54, 1.807) is 37.1 Å². The van der Waals surface area contributed by atoms with E-state index in [2.05, 4.69) is 36.7 Å². The first kappa shape index (κ1) is 44.5. The summed E-state index contributed by atoms with van der Waals surface area (Å²) in [5.41, 5.74) is 6.82. The van der Waals surface area contributed by atoms with E-state index in [9.17, 15) is 28.0 Å². The van der Waals surface area contributed by atoms with Crippen LogP contribution in [0.2, 0.25) is 0 Å². The van der Waals surface area contributed by atoms with Crippen molar-refractivity contribution in [2.45, 2.75) is 103 Å². The van der Waals surface area contributed by atoms with Gasteiger partial charge < -0.3 is 24.2 Å². The number of nitrogens with zero attached hydrogens (tertiary/aromatic N) is 9. The molecule has 5 aliphatic rings. The second kappa shape index (κ2) is 18.7. The summed E-state index contributed by atoms with van der Waals surface area (Å²) in [6, 6.07) is 11.2. The number of carbonyl (C=O) groups is 4. The summed E-state index contributed by atoms with van der Waals surface area (Å²) >= 11 is 0. The predicted octanol–water partition coefficient (Wildman–Crippen LogP) is 6.85. The molecule has 3 aromatic heterocycles. The molecule has 0 aliphatic carbocycles. The number of imide groups is 1. The van der Waals surface area contributed by atoms with Crippen LogP contribution in [-0.4, -0.2) is 108 Å². The summed E-state index contributed by atoms with van der Waals surface area (Å²) < 4.78 is 35.2. The fourth-order valence-electron chi connectivity index (χ4n) is 11.0. The van der Waals surface area contributed by atoms with Gasteiger partial charge in [0.15, 0.2) is 5.82 Å². The Labute approximate surface area is 389 Å². The van der Waals surface area contributed by atoms with E-state index in [0.717, 1.165) is 109 Å². The van der Waals surface area contributed by atoms with E-state index in [4.69, 9.17) is 5.10 Å².